The van der Waals surface area contributed by atoms with E-state index in [4.69, 9.17) is 16.0 Å². The summed E-state index contributed by atoms with van der Waals surface area (Å²) in [6.07, 6.45) is 3.27. The van der Waals surface area contributed by atoms with Gasteiger partial charge in [0.05, 0.1) is 6.07 Å². The molecule has 1 heterocycles. The van der Waals surface area contributed by atoms with Crippen molar-refractivity contribution in [3.8, 4) is 6.07 Å². The van der Waals surface area contributed by atoms with Gasteiger partial charge in [-0.3, -0.25) is 4.79 Å². The number of nitrogens with one attached hydrogen (secondary N) is 1. The zero-order chi connectivity index (χ0) is 13.2. The summed E-state index contributed by atoms with van der Waals surface area (Å²) in [5, 5.41) is 12.3. The molecule has 1 aromatic heterocycles. The van der Waals surface area contributed by atoms with E-state index in [1.165, 1.54) is 12.1 Å². The number of hydrogen-bond donors (Lipinski definition) is 1. The van der Waals surface area contributed by atoms with E-state index in [2.05, 4.69) is 18.3 Å². The Morgan fingerprint density at radius 2 is 2.22 bits per heavy atom. The van der Waals surface area contributed by atoms with E-state index in [1.54, 1.807) is 0 Å². The quantitative estimate of drug-likeness (QED) is 0.894. The van der Waals surface area contributed by atoms with Gasteiger partial charge >= 0.3 is 0 Å². The number of hydrogen-bond acceptors (Lipinski definition) is 3. The molecular weight excluding hydrogens is 252 g/mol. The van der Waals surface area contributed by atoms with E-state index in [-0.39, 0.29) is 16.9 Å². The molecule has 1 aromatic rings. The number of rotatable bonds is 2. The van der Waals surface area contributed by atoms with Gasteiger partial charge in [0.15, 0.2) is 11.0 Å². The van der Waals surface area contributed by atoms with Gasteiger partial charge in [0.1, 0.15) is 5.54 Å². The van der Waals surface area contributed by atoms with Crippen molar-refractivity contribution in [1.29, 1.82) is 5.26 Å². The SMILES string of the molecule is CC1CCC(C#N)(NC(=O)c2ccc(Cl)o2)CC1. The van der Waals surface area contributed by atoms with Crippen molar-refractivity contribution >= 4 is 17.5 Å². The molecule has 96 valence electrons. The molecule has 1 aliphatic carbocycles. The van der Waals surface area contributed by atoms with E-state index in [1.807, 2.05) is 0 Å². The lowest BCUT2D eigenvalue weighted by Crippen LogP contribution is -2.49. The monoisotopic (exact) mass is 266 g/mol. The molecule has 5 heteroatoms. The molecule has 0 unspecified atom stereocenters. The van der Waals surface area contributed by atoms with Crippen LogP contribution in [0.4, 0.5) is 0 Å². The van der Waals surface area contributed by atoms with Gasteiger partial charge in [0.2, 0.25) is 0 Å². The molecule has 1 N–H and O–H groups in total. The van der Waals surface area contributed by atoms with Crippen LogP contribution in [0.2, 0.25) is 5.22 Å². The number of carbonyl (C=O) groups excluding carboxylic acids is 1. The molecule has 1 aliphatic rings. The standard InChI is InChI=1S/C13H15ClN2O2/c1-9-4-6-13(8-15,7-5-9)16-12(17)10-2-3-11(14)18-10/h2-3,9H,4-7H2,1H3,(H,16,17). The van der Waals surface area contributed by atoms with Crippen molar-refractivity contribution < 1.29 is 9.21 Å². The fourth-order valence-corrected chi connectivity index (χ4v) is 2.38. The maximum atomic E-state index is 12.0. The van der Waals surface area contributed by atoms with Gasteiger partial charge in [-0.15, -0.1) is 0 Å². The largest absolute Gasteiger partial charge is 0.440 e. The molecule has 18 heavy (non-hydrogen) atoms. The number of nitrogens with zero attached hydrogens (tertiary/aromatic N) is 1. The number of amides is 1. The van der Waals surface area contributed by atoms with Gasteiger partial charge in [-0.2, -0.15) is 5.26 Å². The molecular formula is C13H15ClN2O2. The van der Waals surface area contributed by atoms with Crippen LogP contribution < -0.4 is 5.32 Å². The summed E-state index contributed by atoms with van der Waals surface area (Å²) in [6, 6.07) is 5.26. The van der Waals surface area contributed by atoms with Gasteiger partial charge in [-0.1, -0.05) is 6.92 Å². The van der Waals surface area contributed by atoms with Crippen molar-refractivity contribution in [3.63, 3.8) is 0 Å². The van der Waals surface area contributed by atoms with Crippen LogP contribution in [0.1, 0.15) is 43.2 Å². The molecule has 2 rings (SSSR count). The molecule has 0 spiro atoms. The average Bonchev–Trinajstić information content (AvgIpc) is 2.79. The topological polar surface area (TPSA) is 66.0 Å². The molecule has 0 bridgehead atoms. The Labute approximate surface area is 111 Å². The highest BCUT2D eigenvalue weighted by molar-refractivity contribution is 6.29. The van der Waals surface area contributed by atoms with Gasteiger partial charge in [0.25, 0.3) is 5.91 Å². The minimum Gasteiger partial charge on any atom is -0.440 e. The van der Waals surface area contributed by atoms with Gasteiger partial charge in [-0.25, -0.2) is 0 Å². The Morgan fingerprint density at radius 3 is 2.72 bits per heavy atom. The average molecular weight is 267 g/mol. The highest BCUT2D eigenvalue weighted by Gasteiger charge is 2.36. The first-order chi connectivity index (χ1) is 8.54. The van der Waals surface area contributed by atoms with Crippen LogP contribution >= 0.6 is 11.6 Å². The van der Waals surface area contributed by atoms with Crippen LogP contribution in [0.15, 0.2) is 16.5 Å². The third kappa shape index (κ3) is 2.68. The minimum atomic E-state index is -0.761. The Bertz CT molecular complexity index is 481. The van der Waals surface area contributed by atoms with E-state index >= 15 is 0 Å². The van der Waals surface area contributed by atoms with Crippen LogP contribution in [0.3, 0.4) is 0 Å². The zero-order valence-corrected chi connectivity index (χ0v) is 11.0. The van der Waals surface area contributed by atoms with E-state index in [0.717, 1.165) is 12.8 Å². The molecule has 1 amide bonds. The maximum absolute atomic E-state index is 12.0. The summed E-state index contributed by atoms with van der Waals surface area (Å²) < 4.78 is 5.04. The minimum absolute atomic E-state index is 0.147. The van der Waals surface area contributed by atoms with Gasteiger partial charge in [0, 0.05) is 0 Å². The highest BCUT2D eigenvalue weighted by atomic mass is 35.5. The summed E-state index contributed by atoms with van der Waals surface area (Å²) in [5.74, 6) is 0.382. The zero-order valence-electron chi connectivity index (χ0n) is 10.2. The van der Waals surface area contributed by atoms with Crippen molar-refractivity contribution in [2.24, 2.45) is 5.92 Å². The Hall–Kier alpha value is -1.47. The highest BCUT2D eigenvalue weighted by Crippen LogP contribution is 2.31. The Morgan fingerprint density at radius 1 is 1.56 bits per heavy atom. The maximum Gasteiger partial charge on any atom is 0.288 e. The van der Waals surface area contributed by atoms with Crippen LogP contribution in [0.5, 0.6) is 0 Å². The number of nitriles is 1. The lowest BCUT2D eigenvalue weighted by Gasteiger charge is -2.34. The molecule has 0 atom stereocenters. The summed E-state index contributed by atoms with van der Waals surface area (Å²) >= 11 is 5.62. The Balaban J connectivity index is 2.07. The summed E-state index contributed by atoms with van der Waals surface area (Å²) in [7, 11) is 0. The van der Waals surface area contributed by atoms with Crippen LogP contribution in [0, 0.1) is 17.2 Å². The third-order valence-corrected chi connectivity index (χ3v) is 3.69. The molecule has 1 saturated carbocycles. The predicted molar refractivity (Wildman–Crippen MR) is 67.2 cm³/mol. The number of furan rings is 1. The lowest BCUT2D eigenvalue weighted by molar-refractivity contribution is 0.0865. The van der Waals surface area contributed by atoms with E-state index in [9.17, 15) is 10.1 Å². The predicted octanol–water partition coefficient (Wildman–Crippen LogP) is 3.14. The summed E-state index contributed by atoms with van der Waals surface area (Å²) in [5.41, 5.74) is -0.761. The molecule has 0 saturated heterocycles. The molecule has 0 aromatic carbocycles. The second kappa shape index (κ2) is 5.03. The Kier molecular flexibility index (Phi) is 3.63. The van der Waals surface area contributed by atoms with Crippen LogP contribution in [-0.4, -0.2) is 11.4 Å². The molecule has 4 nitrogen and oxygen atoms in total. The molecule has 0 radical (unpaired) electrons. The van der Waals surface area contributed by atoms with Crippen molar-refractivity contribution in [2.45, 2.75) is 38.1 Å². The lowest BCUT2D eigenvalue weighted by atomic mass is 9.78. The van der Waals surface area contributed by atoms with Crippen molar-refractivity contribution in [3.05, 3.63) is 23.1 Å². The molecule has 1 fully saturated rings. The first-order valence-corrected chi connectivity index (χ1v) is 6.41. The summed E-state index contributed by atoms with van der Waals surface area (Å²) in [4.78, 5) is 12.0. The van der Waals surface area contributed by atoms with Crippen LogP contribution in [0.25, 0.3) is 0 Å². The fourth-order valence-electron chi connectivity index (χ4n) is 2.23. The van der Waals surface area contributed by atoms with Gasteiger partial charge < -0.3 is 9.73 Å². The molecule has 0 aliphatic heterocycles. The van der Waals surface area contributed by atoms with E-state index < -0.39 is 5.54 Å². The van der Waals surface area contributed by atoms with Crippen LogP contribution in [-0.2, 0) is 0 Å². The van der Waals surface area contributed by atoms with Crippen molar-refractivity contribution in [1.82, 2.24) is 5.32 Å². The second-order valence-electron chi connectivity index (χ2n) is 4.93. The first kappa shape index (κ1) is 13.0. The summed E-state index contributed by atoms with van der Waals surface area (Å²) in [6.45, 7) is 2.16. The fraction of sp³-hybridized carbons (Fsp3) is 0.538. The van der Waals surface area contributed by atoms with E-state index in [0.29, 0.717) is 18.8 Å². The van der Waals surface area contributed by atoms with Gasteiger partial charge in [-0.05, 0) is 55.3 Å². The third-order valence-electron chi connectivity index (χ3n) is 3.49. The normalized spacial score (nSPS) is 27.5. The number of halogens is 1. The smallest absolute Gasteiger partial charge is 0.288 e. The van der Waals surface area contributed by atoms with Crippen molar-refractivity contribution in [2.75, 3.05) is 0 Å². The number of carbonyl (C=O) groups is 1. The first-order valence-electron chi connectivity index (χ1n) is 6.04. The second-order valence-corrected chi connectivity index (χ2v) is 5.31.